The van der Waals surface area contributed by atoms with Crippen molar-refractivity contribution in [1.82, 2.24) is 19.9 Å². The van der Waals surface area contributed by atoms with Gasteiger partial charge in [0.25, 0.3) is 0 Å². The summed E-state index contributed by atoms with van der Waals surface area (Å²) in [5.41, 5.74) is 2.28. The van der Waals surface area contributed by atoms with Crippen LogP contribution in [0, 0.1) is 22.7 Å². The fourth-order valence-electron chi connectivity index (χ4n) is 2.80. The largest absolute Gasteiger partial charge is 0.490 e. The van der Waals surface area contributed by atoms with Crippen LogP contribution in [0.3, 0.4) is 0 Å². The van der Waals surface area contributed by atoms with Gasteiger partial charge in [-0.1, -0.05) is 13.0 Å². The van der Waals surface area contributed by atoms with Crippen LogP contribution in [-0.2, 0) is 11.2 Å². The number of fused-ring (bicyclic) bond motifs is 1. The smallest absolute Gasteiger partial charge is 0.475 e. The summed E-state index contributed by atoms with van der Waals surface area (Å²) in [7, 11) is 0. The number of hydrogen-bond donors (Lipinski definition) is 2. The Morgan fingerprint density at radius 3 is 2.41 bits per heavy atom. The fraction of sp³-hybridized carbons (Fsp3) is 0.130. The topological polar surface area (TPSA) is 158 Å². The van der Waals surface area contributed by atoms with Crippen molar-refractivity contribution in [2.45, 2.75) is 19.5 Å². The first-order valence-electron chi connectivity index (χ1n) is 10.1. The van der Waals surface area contributed by atoms with E-state index in [1.807, 2.05) is 13.0 Å². The van der Waals surface area contributed by atoms with Crippen LogP contribution in [0.1, 0.15) is 23.7 Å². The van der Waals surface area contributed by atoms with Gasteiger partial charge >= 0.3 is 18.2 Å². The second kappa shape index (κ2) is 11.4. The van der Waals surface area contributed by atoms with Crippen LogP contribution < -0.4 is 9.47 Å². The quantitative estimate of drug-likeness (QED) is 0.307. The monoisotopic (exact) mass is 574 g/mol. The van der Waals surface area contributed by atoms with Gasteiger partial charge in [0.05, 0.1) is 33.3 Å². The van der Waals surface area contributed by atoms with Gasteiger partial charge in [-0.15, -0.1) is 0 Å². The number of carboxylic acids is 1. The minimum absolute atomic E-state index is 0.0298. The number of aliphatic carboxylic acids is 1. The predicted molar refractivity (Wildman–Crippen MR) is 125 cm³/mol. The highest BCUT2D eigenvalue weighted by Gasteiger charge is 2.38. The van der Waals surface area contributed by atoms with Crippen LogP contribution in [-0.4, -0.2) is 37.2 Å². The molecule has 0 spiro atoms. The molecule has 0 unspecified atom stereocenters. The minimum atomic E-state index is -5.08. The number of carboxylic acid groups (broad SMARTS) is 1. The number of nitriles is 2. The lowest BCUT2D eigenvalue weighted by Gasteiger charge is -2.09. The molecule has 0 fully saturated rings. The van der Waals surface area contributed by atoms with Gasteiger partial charge in [-0.3, -0.25) is 4.98 Å². The van der Waals surface area contributed by atoms with Gasteiger partial charge in [-0.25, -0.2) is 4.79 Å². The number of halogens is 4. The number of benzene rings is 1. The highest BCUT2D eigenvalue weighted by molar-refractivity contribution is 9.10. The summed E-state index contributed by atoms with van der Waals surface area (Å²) in [6.45, 7) is 2.01. The Morgan fingerprint density at radius 1 is 1.11 bits per heavy atom. The molecular weight excluding hydrogens is 561 g/mol. The maximum absolute atomic E-state index is 10.6. The summed E-state index contributed by atoms with van der Waals surface area (Å²) >= 11 is 3.58. The van der Waals surface area contributed by atoms with Crippen molar-refractivity contribution in [3.05, 3.63) is 64.0 Å². The maximum Gasteiger partial charge on any atom is 0.490 e. The first-order valence-corrected chi connectivity index (χ1v) is 10.9. The van der Waals surface area contributed by atoms with Gasteiger partial charge in [-0.05, 0) is 40.5 Å². The number of ether oxygens (including phenoxy) is 2. The van der Waals surface area contributed by atoms with E-state index in [1.165, 1.54) is 12.4 Å². The third kappa shape index (κ3) is 6.71. The summed E-state index contributed by atoms with van der Waals surface area (Å²) < 4.78 is 44.3. The van der Waals surface area contributed by atoms with E-state index in [0.29, 0.717) is 33.7 Å². The highest BCUT2D eigenvalue weighted by atomic mass is 79.9. The number of aromatic nitrogens is 4. The third-order valence-electron chi connectivity index (χ3n) is 4.43. The molecule has 14 heteroatoms. The molecule has 0 saturated heterocycles. The number of alkyl halides is 3. The molecule has 37 heavy (non-hydrogen) atoms. The highest BCUT2D eigenvalue weighted by Crippen LogP contribution is 2.37. The average molecular weight is 575 g/mol. The number of nitrogens with one attached hydrogen (secondary N) is 1. The van der Waals surface area contributed by atoms with Crippen molar-refractivity contribution in [3.63, 3.8) is 0 Å². The zero-order chi connectivity index (χ0) is 27.2. The summed E-state index contributed by atoms with van der Waals surface area (Å²) in [5.74, 6) is -1.71. The van der Waals surface area contributed by atoms with Gasteiger partial charge in [0, 0.05) is 18.0 Å². The average Bonchev–Trinajstić information content (AvgIpc) is 3.19. The molecular formula is C23H14BrF3N6O4. The first-order chi connectivity index (χ1) is 17.5. The van der Waals surface area contributed by atoms with Crippen LogP contribution in [0.15, 0.2) is 47.2 Å². The molecule has 0 atom stereocenters. The van der Waals surface area contributed by atoms with Crippen LogP contribution in [0.25, 0.3) is 11.0 Å². The molecule has 2 N–H and O–H groups in total. The van der Waals surface area contributed by atoms with Gasteiger partial charge in [0.2, 0.25) is 5.88 Å². The third-order valence-corrected chi connectivity index (χ3v) is 5.31. The van der Waals surface area contributed by atoms with E-state index >= 15 is 0 Å². The number of rotatable bonds is 5. The van der Waals surface area contributed by atoms with Crippen LogP contribution in [0.5, 0.6) is 23.4 Å². The van der Waals surface area contributed by atoms with E-state index in [0.717, 1.165) is 16.6 Å². The van der Waals surface area contributed by atoms with Gasteiger partial charge < -0.3 is 19.6 Å². The van der Waals surface area contributed by atoms with E-state index in [-0.39, 0.29) is 11.9 Å². The summed E-state index contributed by atoms with van der Waals surface area (Å²) in [6.07, 6.45) is -1.44. The zero-order valence-electron chi connectivity index (χ0n) is 18.7. The van der Waals surface area contributed by atoms with Crippen LogP contribution in [0.2, 0.25) is 0 Å². The van der Waals surface area contributed by atoms with E-state index in [2.05, 4.69) is 41.9 Å². The van der Waals surface area contributed by atoms with E-state index in [1.54, 1.807) is 30.3 Å². The second-order valence-corrected chi connectivity index (χ2v) is 7.77. The fourth-order valence-corrected chi connectivity index (χ4v) is 3.54. The maximum atomic E-state index is 10.6. The lowest BCUT2D eigenvalue weighted by molar-refractivity contribution is -0.192. The number of aromatic amines is 1. The zero-order valence-corrected chi connectivity index (χ0v) is 20.3. The molecule has 4 aromatic rings. The number of pyridine rings is 1. The Morgan fingerprint density at radius 2 is 1.78 bits per heavy atom. The Bertz CT molecular complexity index is 1540. The Hall–Kier alpha value is -4.69. The molecule has 0 aliphatic carbocycles. The molecule has 4 rings (SSSR count). The molecule has 10 nitrogen and oxygen atoms in total. The SMILES string of the molecule is CCc1[nH]c2nc(Oc3cncc(C#N)c3)nc(Oc3cccc(C#N)c3)c2c1Br.O=C(O)C(F)(F)F. The normalized spacial score (nSPS) is 10.6. The van der Waals surface area contributed by atoms with Crippen molar-refractivity contribution in [3.8, 4) is 35.5 Å². The molecule has 0 aliphatic heterocycles. The molecule has 0 amide bonds. The van der Waals surface area contributed by atoms with Gasteiger partial charge in [0.15, 0.2) is 5.75 Å². The van der Waals surface area contributed by atoms with Crippen LogP contribution >= 0.6 is 15.9 Å². The number of carbonyl (C=O) groups is 1. The van der Waals surface area contributed by atoms with Crippen molar-refractivity contribution < 1.29 is 32.5 Å². The van der Waals surface area contributed by atoms with E-state index in [4.69, 9.17) is 29.9 Å². The minimum Gasteiger partial charge on any atom is -0.475 e. The molecule has 0 bridgehead atoms. The Labute approximate surface area is 215 Å². The van der Waals surface area contributed by atoms with E-state index < -0.39 is 12.1 Å². The Kier molecular flexibility index (Phi) is 8.26. The lowest BCUT2D eigenvalue weighted by atomic mass is 10.2. The summed E-state index contributed by atoms with van der Waals surface area (Å²) in [5, 5.41) is 26.0. The molecule has 188 valence electrons. The molecule has 1 aromatic carbocycles. The number of hydrogen-bond acceptors (Lipinski definition) is 8. The molecule has 0 aliphatic rings. The van der Waals surface area contributed by atoms with Crippen molar-refractivity contribution >= 4 is 32.9 Å². The second-order valence-electron chi connectivity index (χ2n) is 6.97. The summed E-state index contributed by atoms with van der Waals surface area (Å²) in [6, 6.07) is 12.4. The van der Waals surface area contributed by atoms with Crippen LogP contribution in [0.4, 0.5) is 13.2 Å². The van der Waals surface area contributed by atoms with Crippen molar-refractivity contribution in [2.75, 3.05) is 0 Å². The number of nitrogens with zero attached hydrogens (tertiary/aromatic N) is 5. The number of aryl methyl sites for hydroxylation is 1. The van der Waals surface area contributed by atoms with E-state index in [9.17, 15) is 13.2 Å². The molecule has 0 saturated carbocycles. The molecule has 0 radical (unpaired) electrons. The standard InChI is InChI=1S/C21H13BrN6O2.C2HF3O2/c1-2-16-18(22)17-19(26-16)27-21(30-15-7-13(9-24)10-25-11-15)28-20(17)29-14-5-3-4-12(6-14)8-23;3-2(4,5)1(6)7/h3-7,10-11H,2H2,1H3,(H,26,27,28);(H,6,7). The van der Waals surface area contributed by atoms with Crippen molar-refractivity contribution in [1.29, 1.82) is 10.5 Å². The Balaban J connectivity index is 0.000000479. The predicted octanol–water partition coefficient (Wildman–Crippen LogP) is 5.64. The molecule has 3 heterocycles. The molecule has 3 aromatic heterocycles. The summed E-state index contributed by atoms with van der Waals surface area (Å²) in [4.78, 5) is 24.9. The number of H-pyrrole nitrogens is 1. The van der Waals surface area contributed by atoms with Gasteiger partial charge in [0.1, 0.15) is 17.5 Å². The van der Waals surface area contributed by atoms with Gasteiger partial charge in [-0.2, -0.15) is 33.7 Å². The first kappa shape index (κ1) is 26.9. The van der Waals surface area contributed by atoms with Crippen molar-refractivity contribution in [2.24, 2.45) is 0 Å². The lowest BCUT2D eigenvalue weighted by Crippen LogP contribution is -2.21.